The number of rotatable bonds is 9. The van der Waals surface area contributed by atoms with Crippen molar-refractivity contribution in [3.05, 3.63) is 35.9 Å². The SMILES string of the molecule is CC(OCC(O)CNCCS(C)=O)c1ccccc1. The fourth-order valence-electron chi connectivity index (χ4n) is 1.62. The van der Waals surface area contributed by atoms with Crippen molar-refractivity contribution in [2.24, 2.45) is 0 Å². The van der Waals surface area contributed by atoms with Gasteiger partial charge in [0.05, 0.1) is 18.8 Å². The Kier molecular flexibility index (Phi) is 7.90. The molecule has 0 radical (unpaired) electrons. The van der Waals surface area contributed by atoms with Crippen LogP contribution in [0.25, 0.3) is 0 Å². The third-order valence-electron chi connectivity index (χ3n) is 2.75. The number of hydrogen-bond acceptors (Lipinski definition) is 4. The Bertz CT molecular complexity index is 372. The fraction of sp³-hybridized carbons (Fsp3) is 0.571. The average Bonchev–Trinajstić information content (AvgIpc) is 2.41. The Morgan fingerprint density at radius 3 is 2.68 bits per heavy atom. The smallest absolute Gasteiger partial charge is 0.0897 e. The lowest BCUT2D eigenvalue weighted by atomic mass is 10.1. The molecule has 0 bridgehead atoms. The van der Waals surface area contributed by atoms with Gasteiger partial charge in [-0.25, -0.2) is 0 Å². The number of benzene rings is 1. The minimum atomic E-state index is -0.792. The van der Waals surface area contributed by atoms with E-state index in [1.807, 2.05) is 37.3 Å². The molecule has 2 N–H and O–H groups in total. The van der Waals surface area contributed by atoms with Crippen LogP contribution in [-0.4, -0.2) is 47.1 Å². The molecule has 0 saturated carbocycles. The summed E-state index contributed by atoms with van der Waals surface area (Å²) in [5.74, 6) is 0.605. The van der Waals surface area contributed by atoms with E-state index in [2.05, 4.69) is 5.32 Å². The maximum Gasteiger partial charge on any atom is 0.0897 e. The topological polar surface area (TPSA) is 58.6 Å². The summed E-state index contributed by atoms with van der Waals surface area (Å²) >= 11 is 0. The van der Waals surface area contributed by atoms with Crippen LogP contribution in [0.2, 0.25) is 0 Å². The Balaban J connectivity index is 2.16. The van der Waals surface area contributed by atoms with Gasteiger partial charge >= 0.3 is 0 Å². The van der Waals surface area contributed by atoms with Gasteiger partial charge in [-0.2, -0.15) is 0 Å². The van der Waals surface area contributed by atoms with E-state index in [1.165, 1.54) is 0 Å². The molecular weight excluding hydrogens is 262 g/mol. The molecule has 0 aliphatic heterocycles. The Morgan fingerprint density at radius 1 is 1.37 bits per heavy atom. The molecule has 5 heteroatoms. The van der Waals surface area contributed by atoms with Crippen LogP contribution in [0, 0.1) is 0 Å². The summed E-state index contributed by atoms with van der Waals surface area (Å²) < 4.78 is 16.5. The lowest BCUT2D eigenvalue weighted by Gasteiger charge is -2.17. The maximum absolute atomic E-state index is 10.8. The molecular formula is C14H23NO3S. The highest BCUT2D eigenvalue weighted by atomic mass is 32.2. The van der Waals surface area contributed by atoms with Crippen LogP contribution >= 0.6 is 0 Å². The van der Waals surface area contributed by atoms with Crippen molar-refractivity contribution in [1.29, 1.82) is 0 Å². The number of aliphatic hydroxyl groups excluding tert-OH is 1. The van der Waals surface area contributed by atoms with Gasteiger partial charge in [0.15, 0.2) is 0 Å². The average molecular weight is 285 g/mol. The van der Waals surface area contributed by atoms with Crippen molar-refractivity contribution in [1.82, 2.24) is 5.32 Å². The largest absolute Gasteiger partial charge is 0.389 e. The van der Waals surface area contributed by atoms with Gasteiger partial charge < -0.3 is 15.2 Å². The molecule has 4 nitrogen and oxygen atoms in total. The van der Waals surface area contributed by atoms with Gasteiger partial charge in [0.2, 0.25) is 0 Å². The van der Waals surface area contributed by atoms with Crippen LogP contribution in [-0.2, 0) is 15.5 Å². The summed E-state index contributed by atoms with van der Waals surface area (Å²) in [6.45, 7) is 3.36. The third kappa shape index (κ3) is 7.42. The first kappa shape index (κ1) is 16.3. The van der Waals surface area contributed by atoms with Crippen LogP contribution in [0.15, 0.2) is 30.3 Å². The van der Waals surface area contributed by atoms with Crippen molar-refractivity contribution in [3.8, 4) is 0 Å². The summed E-state index contributed by atoms with van der Waals surface area (Å²) in [6, 6.07) is 9.92. The molecule has 0 aromatic heterocycles. The van der Waals surface area contributed by atoms with Crippen molar-refractivity contribution in [3.63, 3.8) is 0 Å². The fourth-order valence-corrected chi connectivity index (χ4v) is 2.05. The van der Waals surface area contributed by atoms with Crippen LogP contribution in [0.4, 0.5) is 0 Å². The Hall–Kier alpha value is -0.750. The predicted molar refractivity (Wildman–Crippen MR) is 78.6 cm³/mol. The number of ether oxygens (including phenoxy) is 1. The Labute approximate surface area is 117 Å². The van der Waals surface area contributed by atoms with Crippen LogP contribution in [0.5, 0.6) is 0 Å². The third-order valence-corrected chi connectivity index (χ3v) is 3.53. The lowest BCUT2D eigenvalue weighted by Crippen LogP contribution is -2.32. The first-order valence-corrected chi connectivity index (χ1v) is 8.17. The molecule has 3 atom stereocenters. The summed E-state index contributed by atoms with van der Waals surface area (Å²) in [5, 5.41) is 12.8. The normalized spacial score (nSPS) is 15.9. The summed E-state index contributed by atoms with van der Waals surface area (Å²) in [4.78, 5) is 0. The second-order valence-corrected chi connectivity index (χ2v) is 6.08. The van der Waals surface area contributed by atoms with Crippen molar-refractivity contribution >= 4 is 10.8 Å². The molecule has 3 unspecified atom stereocenters. The van der Waals surface area contributed by atoms with E-state index in [0.29, 0.717) is 18.8 Å². The zero-order chi connectivity index (χ0) is 14.1. The van der Waals surface area contributed by atoms with Gasteiger partial charge in [-0.15, -0.1) is 0 Å². The van der Waals surface area contributed by atoms with E-state index in [1.54, 1.807) is 6.26 Å². The second-order valence-electron chi connectivity index (χ2n) is 4.52. The van der Waals surface area contributed by atoms with Crippen molar-refractivity contribution in [2.45, 2.75) is 19.1 Å². The molecule has 1 rings (SSSR count). The summed E-state index contributed by atoms with van der Waals surface area (Å²) in [6.07, 6.45) is 1.10. The molecule has 0 amide bonds. The molecule has 0 fully saturated rings. The monoisotopic (exact) mass is 285 g/mol. The van der Waals surface area contributed by atoms with E-state index in [4.69, 9.17) is 4.74 Å². The second kappa shape index (κ2) is 9.20. The van der Waals surface area contributed by atoms with Gasteiger partial charge in [-0.05, 0) is 12.5 Å². The highest BCUT2D eigenvalue weighted by molar-refractivity contribution is 7.84. The highest BCUT2D eigenvalue weighted by Gasteiger charge is 2.09. The van der Waals surface area contributed by atoms with Gasteiger partial charge in [-0.3, -0.25) is 4.21 Å². The lowest BCUT2D eigenvalue weighted by molar-refractivity contribution is -0.00181. The molecule has 108 valence electrons. The first-order chi connectivity index (χ1) is 9.09. The van der Waals surface area contributed by atoms with E-state index in [-0.39, 0.29) is 12.7 Å². The number of aliphatic hydroxyl groups is 1. The molecule has 1 aromatic rings. The Morgan fingerprint density at radius 2 is 2.05 bits per heavy atom. The minimum Gasteiger partial charge on any atom is -0.389 e. The van der Waals surface area contributed by atoms with E-state index in [0.717, 1.165) is 5.56 Å². The van der Waals surface area contributed by atoms with Gasteiger partial charge in [0.25, 0.3) is 0 Å². The van der Waals surface area contributed by atoms with E-state index >= 15 is 0 Å². The minimum absolute atomic E-state index is 0.0287. The van der Waals surface area contributed by atoms with Crippen LogP contribution < -0.4 is 5.32 Å². The standard InChI is InChI=1S/C14H23NO3S/c1-12(13-6-4-3-5-7-13)18-11-14(16)10-15-8-9-19(2)17/h3-7,12,14-16H,8-11H2,1-2H3. The molecule has 0 heterocycles. The zero-order valence-electron chi connectivity index (χ0n) is 11.5. The molecule has 0 saturated heterocycles. The van der Waals surface area contributed by atoms with Crippen molar-refractivity contribution < 1.29 is 14.1 Å². The quantitative estimate of drug-likeness (QED) is 0.667. The van der Waals surface area contributed by atoms with Crippen molar-refractivity contribution in [2.75, 3.05) is 31.7 Å². The first-order valence-electron chi connectivity index (χ1n) is 6.45. The molecule has 1 aromatic carbocycles. The van der Waals surface area contributed by atoms with Crippen LogP contribution in [0.3, 0.4) is 0 Å². The maximum atomic E-state index is 10.8. The molecule has 0 aliphatic rings. The predicted octanol–water partition coefficient (Wildman–Crippen LogP) is 1.09. The number of hydrogen-bond donors (Lipinski definition) is 2. The van der Waals surface area contributed by atoms with E-state index in [9.17, 15) is 9.32 Å². The zero-order valence-corrected chi connectivity index (χ0v) is 12.4. The van der Waals surface area contributed by atoms with E-state index < -0.39 is 16.9 Å². The van der Waals surface area contributed by atoms with Gasteiger partial charge in [0.1, 0.15) is 0 Å². The molecule has 19 heavy (non-hydrogen) atoms. The highest BCUT2D eigenvalue weighted by Crippen LogP contribution is 2.15. The van der Waals surface area contributed by atoms with Gasteiger partial charge in [0, 0.05) is 35.9 Å². The summed E-state index contributed by atoms with van der Waals surface area (Å²) in [7, 11) is -0.792. The number of nitrogens with one attached hydrogen (secondary N) is 1. The molecule has 0 spiro atoms. The van der Waals surface area contributed by atoms with Crippen LogP contribution in [0.1, 0.15) is 18.6 Å². The van der Waals surface area contributed by atoms with Gasteiger partial charge in [-0.1, -0.05) is 30.3 Å². The summed E-state index contributed by atoms with van der Waals surface area (Å²) in [5.41, 5.74) is 1.10. The molecule has 0 aliphatic carbocycles.